The lowest BCUT2D eigenvalue weighted by Crippen LogP contribution is -2.18. The van der Waals surface area contributed by atoms with Gasteiger partial charge in [-0.25, -0.2) is 0 Å². The molecule has 0 unspecified atom stereocenters. The Hall–Kier alpha value is -3.50. The van der Waals surface area contributed by atoms with E-state index in [1.54, 1.807) is 30.5 Å². The van der Waals surface area contributed by atoms with Gasteiger partial charge in [-0.15, -0.1) is 0 Å². The third-order valence-corrected chi connectivity index (χ3v) is 4.86. The van der Waals surface area contributed by atoms with Crippen LogP contribution in [0, 0.1) is 6.92 Å². The van der Waals surface area contributed by atoms with E-state index in [2.05, 4.69) is 9.97 Å². The summed E-state index contributed by atoms with van der Waals surface area (Å²) in [5.41, 5.74) is 3.28. The van der Waals surface area contributed by atoms with Crippen LogP contribution < -0.4 is 5.56 Å². The zero-order chi connectivity index (χ0) is 20.4. The number of rotatable bonds is 4. The zero-order valence-corrected chi connectivity index (χ0v) is 16.4. The molecule has 0 amide bonds. The van der Waals surface area contributed by atoms with Gasteiger partial charge in [0.25, 0.3) is 5.56 Å². The molecule has 0 aliphatic carbocycles. The van der Waals surface area contributed by atoms with Gasteiger partial charge in [0.1, 0.15) is 0 Å². The lowest BCUT2D eigenvalue weighted by molar-refractivity contribution is 0.104. The summed E-state index contributed by atoms with van der Waals surface area (Å²) in [6.45, 7) is 1.94. The maximum absolute atomic E-state index is 13.1. The normalized spacial score (nSPS) is 11.2. The zero-order valence-electron chi connectivity index (χ0n) is 15.6. The molecule has 0 aliphatic rings. The van der Waals surface area contributed by atoms with Crippen LogP contribution in [0.4, 0.5) is 0 Å². The Morgan fingerprint density at radius 1 is 1.07 bits per heavy atom. The van der Waals surface area contributed by atoms with E-state index in [0.29, 0.717) is 27.2 Å². The lowest BCUT2D eigenvalue weighted by atomic mass is 9.94. The van der Waals surface area contributed by atoms with E-state index in [-0.39, 0.29) is 5.56 Å². The minimum Gasteiger partial charge on any atom is -0.321 e. The molecule has 142 valence electrons. The quantitative estimate of drug-likeness (QED) is 0.366. The molecule has 29 heavy (non-hydrogen) atoms. The first kappa shape index (κ1) is 18.8. The molecule has 2 aromatic carbocycles. The summed E-state index contributed by atoms with van der Waals surface area (Å²) < 4.78 is 0. The monoisotopic (exact) mass is 400 g/mol. The first-order valence-corrected chi connectivity index (χ1v) is 9.47. The highest BCUT2D eigenvalue weighted by molar-refractivity contribution is 6.31. The number of carbonyl (C=O) groups is 1. The number of hydrogen-bond acceptors (Lipinski definition) is 3. The molecule has 1 N–H and O–H groups in total. The van der Waals surface area contributed by atoms with Crippen molar-refractivity contribution in [3.8, 4) is 11.1 Å². The van der Waals surface area contributed by atoms with Crippen LogP contribution in [-0.2, 0) is 0 Å². The van der Waals surface area contributed by atoms with Crippen LogP contribution in [-0.4, -0.2) is 15.8 Å². The van der Waals surface area contributed by atoms with Crippen LogP contribution in [0.2, 0.25) is 5.02 Å². The standard InChI is InChI=1S/C24H17ClN2O2/c1-15-7-9-18(26-14-15)10-12-21(28)23-22(16-5-3-2-4-6-16)19-13-17(25)8-11-20(19)27-24(23)29/h2-14H,1H3,(H,27,29). The summed E-state index contributed by atoms with van der Waals surface area (Å²) >= 11 is 6.20. The topological polar surface area (TPSA) is 62.8 Å². The van der Waals surface area contributed by atoms with Gasteiger partial charge in [-0.05, 0) is 54.5 Å². The van der Waals surface area contributed by atoms with Gasteiger partial charge >= 0.3 is 0 Å². The highest BCUT2D eigenvalue weighted by atomic mass is 35.5. The molecular weight excluding hydrogens is 384 g/mol. The van der Waals surface area contributed by atoms with Crippen molar-refractivity contribution in [1.29, 1.82) is 0 Å². The van der Waals surface area contributed by atoms with Crippen molar-refractivity contribution in [2.24, 2.45) is 0 Å². The van der Waals surface area contributed by atoms with Gasteiger partial charge in [-0.2, -0.15) is 0 Å². The number of pyridine rings is 2. The molecule has 4 nitrogen and oxygen atoms in total. The van der Waals surface area contributed by atoms with E-state index in [1.165, 1.54) is 6.08 Å². The van der Waals surface area contributed by atoms with Crippen molar-refractivity contribution in [3.63, 3.8) is 0 Å². The molecule has 2 heterocycles. The van der Waals surface area contributed by atoms with Crippen molar-refractivity contribution in [2.45, 2.75) is 6.92 Å². The number of hydrogen-bond donors (Lipinski definition) is 1. The SMILES string of the molecule is Cc1ccc(C=CC(=O)c2c(-c3ccccc3)c3cc(Cl)ccc3[nH]c2=O)nc1. The molecule has 0 fully saturated rings. The highest BCUT2D eigenvalue weighted by Crippen LogP contribution is 2.31. The summed E-state index contributed by atoms with van der Waals surface area (Å²) in [6, 6.07) is 18.3. The van der Waals surface area contributed by atoms with E-state index in [9.17, 15) is 9.59 Å². The van der Waals surface area contributed by atoms with Gasteiger partial charge in [-0.3, -0.25) is 14.6 Å². The van der Waals surface area contributed by atoms with E-state index in [0.717, 1.165) is 11.1 Å². The van der Waals surface area contributed by atoms with E-state index < -0.39 is 11.3 Å². The van der Waals surface area contributed by atoms with Gasteiger partial charge in [0.05, 0.1) is 11.3 Å². The van der Waals surface area contributed by atoms with Crippen molar-refractivity contribution >= 4 is 34.4 Å². The predicted molar refractivity (Wildman–Crippen MR) is 117 cm³/mol. The number of aromatic nitrogens is 2. The van der Waals surface area contributed by atoms with Crippen molar-refractivity contribution in [1.82, 2.24) is 9.97 Å². The second-order valence-corrected chi connectivity index (χ2v) is 7.15. The largest absolute Gasteiger partial charge is 0.321 e. The van der Waals surface area contributed by atoms with Crippen molar-refractivity contribution in [2.75, 3.05) is 0 Å². The number of benzene rings is 2. The number of aromatic amines is 1. The van der Waals surface area contributed by atoms with Crippen LogP contribution in [0.25, 0.3) is 28.1 Å². The molecule has 0 atom stereocenters. The molecule has 4 rings (SSSR count). The number of nitrogens with zero attached hydrogens (tertiary/aromatic N) is 1. The summed E-state index contributed by atoms with van der Waals surface area (Å²) in [7, 11) is 0. The Labute approximate surface area is 172 Å². The molecular formula is C24H17ClN2O2. The maximum atomic E-state index is 13.1. The molecule has 0 spiro atoms. The van der Waals surface area contributed by atoms with E-state index in [1.807, 2.05) is 49.4 Å². The third kappa shape index (κ3) is 3.89. The molecule has 4 aromatic rings. The van der Waals surface area contributed by atoms with Crippen LogP contribution in [0.15, 0.2) is 77.7 Å². The molecule has 0 radical (unpaired) electrons. The number of halogens is 1. The number of allylic oxidation sites excluding steroid dienone is 1. The molecule has 0 saturated heterocycles. The van der Waals surface area contributed by atoms with Gasteiger partial charge in [0, 0.05) is 27.7 Å². The molecule has 2 aromatic heterocycles. The minimum absolute atomic E-state index is 0.0781. The first-order chi connectivity index (χ1) is 14.0. The average Bonchev–Trinajstić information content (AvgIpc) is 2.73. The summed E-state index contributed by atoms with van der Waals surface area (Å²) in [4.78, 5) is 33.0. The van der Waals surface area contributed by atoms with E-state index >= 15 is 0 Å². The third-order valence-electron chi connectivity index (χ3n) is 4.62. The molecule has 0 bridgehead atoms. The summed E-state index contributed by atoms with van der Waals surface area (Å²) in [6.07, 6.45) is 4.72. The summed E-state index contributed by atoms with van der Waals surface area (Å²) in [5.74, 6) is -0.394. The highest BCUT2D eigenvalue weighted by Gasteiger charge is 2.19. The van der Waals surface area contributed by atoms with Crippen LogP contribution in [0.1, 0.15) is 21.6 Å². The first-order valence-electron chi connectivity index (χ1n) is 9.09. The molecule has 5 heteroatoms. The number of H-pyrrole nitrogens is 1. The average molecular weight is 401 g/mol. The number of fused-ring (bicyclic) bond motifs is 1. The number of aryl methyl sites for hydroxylation is 1. The van der Waals surface area contributed by atoms with Crippen LogP contribution in [0.5, 0.6) is 0 Å². The van der Waals surface area contributed by atoms with Gasteiger partial charge < -0.3 is 4.98 Å². The number of carbonyl (C=O) groups excluding carboxylic acids is 1. The van der Waals surface area contributed by atoms with Crippen LogP contribution in [0.3, 0.4) is 0 Å². The minimum atomic E-state index is -0.440. The lowest BCUT2D eigenvalue weighted by Gasteiger charge is -2.11. The maximum Gasteiger partial charge on any atom is 0.260 e. The second kappa shape index (κ2) is 7.86. The number of nitrogens with one attached hydrogen (secondary N) is 1. The Morgan fingerprint density at radius 2 is 1.86 bits per heavy atom. The fraction of sp³-hybridized carbons (Fsp3) is 0.0417. The van der Waals surface area contributed by atoms with Crippen molar-refractivity contribution in [3.05, 3.63) is 105 Å². The van der Waals surface area contributed by atoms with Crippen molar-refractivity contribution < 1.29 is 4.79 Å². The number of ketones is 1. The fourth-order valence-electron chi connectivity index (χ4n) is 3.23. The van der Waals surface area contributed by atoms with Gasteiger partial charge in [0.2, 0.25) is 0 Å². The molecule has 0 saturated carbocycles. The fourth-order valence-corrected chi connectivity index (χ4v) is 3.40. The molecule has 0 aliphatic heterocycles. The Bertz CT molecular complexity index is 1290. The van der Waals surface area contributed by atoms with E-state index in [4.69, 9.17) is 11.6 Å². The Balaban J connectivity index is 1.91. The Kier molecular flexibility index (Phi) is 5.10. The predicted octanol–water partition coefficient (Wildman–Crippen LogP) is 5.45. The van der Waals surface area contributed by atoms with Crippen LogP contribution >= 0.6 is 11.6 Å². The van der Waals surface area contributed by atoms with Gasteiger partial charge in [-0.1, -0.05) is 48.0 Å². The van der Waals surface area contributed by atoms with Gasteiger partial charge in [0.15, 0.2) is 5.78 Å². The second-order valence-electron chi connectivity index (χ2n) is 6.72. The summed E-state index contributed by atoms with van der Waals surface area (Å²) in [5, 5.41) is 1.24. The Morgan fingerprint density at radius 3 is 2.59 bits per heavy atom. The smallest absolute Gasteiger partial charge is 0.260 e.